The predicted molar refractivity (Wildman–Crippen MR) is 86.8 cm³/mol. The van der Waals surface area contributed by atoms with Crippen LogP contribution < -0.4 is 0 Å². The molecule has 1 aromatic carbocycles. The Bertz CT molecular complexity index is 716. The Hall–Kier alpha value is -2.28. The Morgan fingerprint density at radius 1 is 1.00 bits per heavy atom. The second kappa shape index (κ2) is 6.08. The Morgan fingerprint density at radius 3 is 2.13 bits per heavy atom. The molecule has 0 radical (unpaired) electrons. The van der Waals surface area contributed by atoms with Crippen LogP contribution in [0.1, 0.15) is 56.1 Å². The molecule has 1 aromatic rings. The monoisotopic (exact) mass is 304 g/mol. The number of hydrogen-bond acceptors (Lipinski definition) is 3. The topological polar surface area (TPSA) is 67.8 Å². The average molecular weight is 304 g/mol. The van der Waals surface area contributed by atoms with Crippen LogP contribution in [0.2, 0.25) is 0 Å². The standard InChI is InChI=1S/C20H20N2O/c21-14-17-8-6-16(7-9-17)10-11-20(23,19(15-22)12-13-19)18-4-2-1-3-5-18/h6-9,18,23H,1-5,12-13H2/t20-/m0/s1. The molecule has 0 saturated heterocycles. The van der Waals surface area contributed by atoms with Gasteiger partial charge in [-0.3, -0.25) is 0 Å². The van der Waals surface area contributed by atoms with Gasteiger partial charge in [0.2, 0.25) is 0 Å². The maximum Gasteiger partial charge on any atom is 0.147 e. The fourth-order valence-corrected chi connectivity index (χ4v) is 3.63. The van der Waals surface area contributed by atoms with E-state index in [1.807, 2.05) is 0 Å². The molecule has 1 atom stereocenters. The Balaban J connectivity index is 1.92. The average Bonchev–Trinajstić information content (AvgIpc) is 3.42. The molecule has 2 saturated carbocycles. The second-order valence-corrected chi connectivity index (χ2v) is 6.73. The van der Waals surface area contributed by atoms with Crippen molar-refractivity contribution in [1.82, 2.24) is 0 Å². The van der Waals surface area contributed by atoms with Gasteiger partial charge in [0.15, 0.2) is 0 Å². The molecule has 23 heavy (non-hydrogen) atoms. The molecule has 3 rings (SSSR count). The van der Waals surface area contributed by atoms with Gasteiger partial charge in [-0.15, -0.1) is 0 Å². The molecule has 116 valence electrons. The number of benzene rings is 1. The van der Waals surface area contributed by atoms with E-state index in [4.69, 9.17) is 5.26 Å². The molecular formula is C20H20N2O. The molecule has 0 bridgehead atoms. The van der Waals surface area contributed by atoms with Gasteiger partial charge >= 0.3 is 0 Å². The first kappa shape index (κ1) is 15.6. The van der Waals surface area contributed by atoms with Crippen LogP contribution in [0.25, 0.3) is 0 Å². The van der Waals surface area contributed by atoms with Crippen LogP contribution in [0.4, 0.5) is 0 Å². The van der Waals surface area contributed by atoms with Crippen molar-refractivity contribution in [3.8, 4) is 24.0 Å². The number of aliphatic hydroxyl groups is 1. The van der Waals surface area contributed by atoms with E-state index in [9.17, 15) is 10.4 Å². The zero-order chi connectivity index (χ0) is 16.3. The zero-order valence-electron chi connectivity index (χ0n) is 13.2. The van der Waals surface area contributed by atoms with Gasteiger partial charge in [0.1, 0.15) is 5.60 Å². The summed E-state index contributed by atoms with van der Waals surface area (Å²) in [5.41, 5.74) is -0.536. The van der Waals surface area contributed by atoms with Gasteiger partial charge < -0.3 is 5.11 Å². The van der Waals surface area contributed by atoms with Crippen molar-refractivity contribution in [2.24, 2.45) is 11.3 Å². The summed E-state index contributed by atoms with van der Waals surface area (Å²) in [5, 5.41) is 29.8. The molecule has 0 aromatic heterocycles. The first-order chi connectivity index (χ1) is 11.1. The van der Waals surface area contributed by atoms with E-state index in [-0.39, 0.29) is 5.92 Å². The molecule has 3 heteroatoms. The zero-order valence-corrected chi connectivity index (χ0v) is 13.2. The van der Waals surface area contributed by atoms with E-state index in [1.54, 1.807) is 24.3 Å². The van der Waals surface area contributed by atoms with E-state index < -0.39 is 11.0 Å². The van der Waals surface area contributed by atoms with Gasteiger partial charge in [-0.1, -0.05) is 31.1 Å². The largest absolute Gasteiger partial charge is 0.376 e. The quantitative estimate of drug-likeness (QED) is 0.850. The number of nitriles is 2. The van der Waals surface area contributed by atoms with Crippen molar-refractivity contribution < 1.29 is 5.11 Å². The maximum atomic E-state index is 11.3. The van der Waals surface area contributed by atoms with Crippen LogP contribution in [-0.4, -0.2) is 10.7 Å². The van der Waals surface area contributed by atoms with Crippen molar-refractivity contribution >= 4 is 0 Å². The minimum atomic E-state index is -1.21. The third-order valence-electron chi connectivity index (χ3n) is 5.30. The van der Waals surface area contributed by atoms with Gasteiger partial charge in [0, 0.05) is 11.5 Å². The summed E-state index contributed by atoms with van der Waals surface area (Å²) < 4.78 is 0. The predicted octanol–water partition coefficient (Wildman–Crippen LogP) is 3.52. The normalized spacial score (nSPS) is 21.9. The molecule has 0 amide bonds. The molecule has 0 spiro atoms. The summed E-state index contributed by atoms with van der Waals surface area (Å²) in [6.45, 7) is 0. The number of nitrogens with zero attached hydrogens (tertiary/aromatic N) is 2. The maximum absolute atomic E-state index is 11.3. The highest BCUT2D eigenvalue weighted by atomic mass is 16.3. The van der Waals surface area contributed by atoms with Gasteiger partial charge in [0.05, 0.1) is 23.1 Å². The Labute approximate surface area is 137 Å². The number of hydrogen-bond donors (Lipinski definition) is 1. The van der Waals surface area contributed by atoms with Crippen molar-refractivity contribution in [3.63, 3.8) is 0 Å². The summed E-state index contributed by atoms with van der Waals surface area (Å²) in [7, 11) is 0. The lowest BCUT2D eigenvalue weighted by atomic mass is 9.69. The Kier molecular flexibility index (Phi) is 4.12. The minimum Gasteiger partial charge on any atom is -0.376 e. The molecule has 0 unspecified atom stereocenters. The van der Waals surface area contributed by atoms with Gasteiger partial charge in [-0.2, -0.15) is 10.5 Å². The molecule has 3 nitrogen and oxygen atoms in total. The van der Waals surface area contributed by atoms with Crippen molar-refractivity contribution in [2.75, 3.05) is 0 Å². The lowest BCUT2D eigenvalue weighted by Gasteiger charge is -2.38. The fourth-order valence-electron chi connectivity index (χ4n) is 3.63. The van der Waals surface area contributed by atoms with Crippen LogP contribution in [-0.2, 0) is 0 Å². The summed E-state index contributed by atoms with van der Waals surface area (Å²) >= 11 is 0. The van der Waals surface area contributed by atoms with E-state index in [0.717, 1.165) is 44.1 Å². The van der Waals surface area contributed by atoms with E-state index in [1.165, 1.54) is 6.42 Å². The fraction of sp³-hybridized carbons (Fsp3) is 0.500. The van der Waals surface area contributed by atoms with Crippen LogP contribution in [0, 0.1) is 45.8 Å². The highest BCUT2D eigenvalue weighted by molar-refractivity contribution is 5.43. The second-order valence-electron chi connectivity index (χ2n) is 6.73. The summed E-state index contributed by atoms with van der Waals surface area (Å²) in [6.07, 6.45) is 6.77. The first-order valence-corrected chi connectivity index (χ1v) is 8.30. The molecule has 2 aliphatic rings. The molecule has 2 fully saturated rings. The van der Waals surface area contributed by atoms with Gasteiger partial charge in [-0.25, -0.2) is 0 Å². The smallest absolute Gasteiger partial charge is 0.147 e. The van der Waals surface area contributed by atoms with Crippen molar-refractivity contribution in [2.45, 2.75) is 50.5 Å². The minimum absolute atomic E-state index is 0.0873. The van der Waals surface area contributed by atoms with Crippen LogP contribution in [0.3, 0.4) is 0 Å². The summed E-state index contributed by atoms with van der Waals surface area (Å²) in [6, 6.07) is 11.5. The highest BCUT2D eigenvalue weighted by Crippen LogP contribution is 2.58. The molecule has 0 aliphatic heterocycles. The van der Waals surface area contributed by atoms with Crippen molar-refractivity contribution in [3.05, 3.63) is 35.4 Å². The van der Waals surface area contributed by atoms with Crippen molar-refractivity contribution in [1.29, 1.82) is 10.5 Å². The van der Waals surface area contributed by atoms with Crippen LogP contribution in [0.15, 0.2) is 24.3 Å². The van der Waals surface area contributed by atoms with E-state index in [2.05, 4.69) is 24.0 Å². The Morgan fingerprint density at radius 2 is 1.61 bits per heavy atom. The third kappa shape index (κ3) is 2.84. The lowest BCUT2D eigenvalue weighted by molar-refractivity contribution is -0.0233. The van der Waals surface area contributed by atoms with E-state index >= 15 is 0 Å². The SMILES string of the molecule is N#Cc1ccc(C#C[C@](O)(C2CCCCC2)C2(C#N)CC2)cc1. The molecule has 2 aliphatic carbocycles. The van der Waals surface area contributed by atoms with Crippen LogP contribution in [0.5, 0.6) is 0 Å². The molecule has 1 N–H and O–H groups in total. The van der Waals surface area contributed by atoms with Gasteiger partial charge in [0.25, 0.3) is 0 Å². The highest BCUT2D eigenvalue weighted by Gasteiger charge is 2.62. The van der Waals surface area contributed by atoms with Crippen LogP contribution >= 0.6 is 0 Å². The van der Waals surface area contributed by atoms with E-state index in [0.29, 0.717) is 5.56 Å². The van der Waals surface area contributed by atoms with Gasteiger partial charge in [-0.05, 0) is 49.9 Å². The molecular weight excluding hydrogens is 284 g/mol. The lowest BCUT2D eigenvalue weighted by Crippen LogP contribution is -2.46. The third-order valence-corrected chi connectivity index (χ3v) is 5.30. The summed E-state index contributed by atoms with van der Waals surface area (Å²) in [5.74, 6) is 6.21. The molecule has 0 heterocycles. The first-order valence-electron chi connectivity index (χ1n) is 8.30. The summed E-state index contributed by atoms with van der Waals surface area (Å²) in [4.78, 5) is 0. The number of rotatable bonds is 2.